The third-order valence-corrected chi connectivity index (χ3v) is 2.10. The Bertz CT molecular complexity index is 163. The summed E-state index contributed by atoms with van der Waals surface area (Å²) in [7, 11) is 1.73. The molecule has 0 spiro atoms. The SMILES string of the molecule is C=C/C(=C\C)CN(CC)CCOC. The monoisotopic (exact) mass is 183 g/mol. The summed E-state index contributed by atoms with van der Waals surface area (Å²) in [5.41, 5.74) is 1.28. The van der Waals surface area contributed by atoms with E-state index < -0.39 is 0 Å². The van der Waals surface area contributed by atoms with Crippen molar-refractivity contribution in [2.45, 2.75) is 13.8 Å². The molecule has 2 nitrogen and oxygen atoms in total. The van der Waals surface area contributed by atoms with E-state index in [-0.39, 0.29) is 0 Å². The van der Waals surface area contributed by atoms with E-state index >= 15 is 0 Å². The maximum absolute atomic E-state index is 5.04. The van der Waals surface area contributed by atoms with E-state index in [1.54, 1.807) is 7.11 Å². The Morgan fingerprint density at radius 2 is 2.23 bits per heavy atom. The number of rotatable bonds is 7. The van der Waals surface area contributed by atoms with E-state index in [0.29, 0.717) is 0 Å². The third-order valence-electron chi connectivity index (χ3n) is 2.10. The highest BCUT2D eigenvalue weighted by Crippen LogP contribution is 1.99. The number of ether oxygens (including phenoxy) is 1. The van der Waals surface area contributed by atoms with Gasteiger partial charge in [0, 0.05) is 20.2 Å². The first-order valence-electron chi connectivity index (χ1n) is 4.77. The van der Waals surface area contributed by atoms with Crippen molar-refractivity contribution in [3.05, 3.63) is 24.3 Å². The molecule has 0 bridgehead atoms. The zero-order chi connectivity index (χ0) is 10.1. The summed E-state index contributed by atoms with van der Waals surface area (Å²) < 4.78 is 5.04. The van der Waals surface area contributed by atoms with E-state index in [4.69, 9.17) is 4.74 Å². The molecular formula is C11H21NO. The fraction of sp³-hybridized carbons (Fsp3) is 0.636. The Labute approximate surface area is 81.9 Å². The standard InChI is InChI=1S/C11H21NO/c1-5-11(6-2)10-12(7-3)8-9-13-4/h5-6H,1,7-10H2,2-4H3/b11-6+. The van der Waals surface area contributed by atoms with Crippen LogP contribution < -0.4 is 0 Å². The fourth-order valence-corrected chi connectivity index (χ4v) is 1.10. The molecule has 0 N–H and O–H groups in total. The van der Waals surface area contributed by atoms with Crippen LogP contribution in [0.5, 0.6) is 0 Å². The molecule has 0 aromatic heterocycles. The van der Waals surface area contributed by atoms with Crippen molar-refractivity contribution in [2.75, 3.05) is 33.4 Å². The fourth-order valence-electron chi connectivity index (χ4n) is 1.10. The molecular weight excluding hydrogens is 162 g/mol. The summed E-state index contributed by atoms with van der Waals surface area (Å²) in [6, 6.07) is 0. The predicted molar refractivity (Wildman–Crippen MR) is 57.9 cm³/mol. The molecule has 0 saturated carbocycles. The number of hydrogen-bond acceptors (Lipinski definition) is 2. The third kappa shape index (κ3) is 5.61. The van der Waals surface area contributed by atoms with Crippen molar-refractivity contribution in [3.8, 4) is 0 Å². The van der Waals surface area contributed by atoms with Crippen LogP contribution in [0.4, 0.5) is 0 Å². The number of nitrogens with zero attached hydrogens (tertiary/aromatic N) is 1. The molecule has 0 fully saturated rings. The summed E-state index contributed by atoms with van der Waals surface area (Å²) in [6.45, 7) is 11.8. The minimum atomic E-state index is 0.794. The molecule has 0 unspecified atom stereocenters. The van der Waals surface area contributed by atoms with E-state index in [2.05, 4.69) is 24.5 Å². The molecule has 0 amide bonds. The van der Waals surface area contributed by atoms with E-state index in [9.17, 15) is 0 Å². The van der Waals surface area contributed by atoms with Gasteiger partial charge in [0.15, 0.2) is 0 Å². The molecule has 0 aromatic rings. The van der Waals surface area contributed by atoms with Crippen molar-refractivity contribution < 1.29 is 4.74 Å². The average Bonchev–Trinajstić information content (AvgIpc) is 2.19. The smallest absolute Gasteiger partial charge is 0.0589 e. The molecule has 0 saturated heterocycles. The molecule has 0 atom stereocenters. The van der Waals surface area contributed by atoms with Crippen molar-refractivity contribution >= 4 is 0 Å². The highest BCUT2D eigenvalue weighted by molar-refractivity contribution is 5.16. The normalized spacial score (nSPS) is 12.2. The molecule has 2 heteroatoms. The highest BCUT2D eigenvalue weighted by atomic mass is 16.5. The topological polar surface area (TPSA) is 12.5 Å². The Balaban J connectivity index is 3.88. The number of methoxy groups -OCH3 is 1. The number of hydrogen-bond donors (Lipinski definition) is 0. The van der Waals surface area contributed by atoms with Gasteiger partial charge in [-0.2, -0.15) is 0 Å². The molecule has 0 rings (SSSR count). The summed E-state index contributed by atoms with van der Waals surface area (Å²) in [5.74, 6) is 0. The maximum atomic E-state index is 5.04. The zero-order valence-electron chi connectivity index (χ0n) is 9.05. The van der Waals surface area contributed by atoms with Crippen molar-refractivity contribution in [1.82, 2.24) is 4.90 Å². The van der Waals surface area contributed by atoms with Gasteiger partial charge in [0.05, 0.1) is 6.61 Å². The summed E-state index contributed by atoms with van der Waals surface area (Å²) in [4.78, 5) is 2.33. The molecule has 0 aliphatic rings. The van der Waals surface area contributed by atoms with Crippen LogP contribution >= 0.6 is 0 Å². The van der Waals surface area contributed by atoms with Crippen LogP contribution in [-0.2, 0) is 4.74 Å². The van der Waals surface area contributed by atoms with E-state index in [0.717, 1.165) is 26.2 Å². The van der Waals surface area contributed by atoms with Crippen molar-refractivity contribution in [1.29, 1.82) is 0 Å². The summed E-state index contributed by atoms with van der Waals surface area (Å²) in [5, 5.41) is 0. The van der Waals surface area contributed by atoms with Gasteiger partial charge in [-0.15, -0.1) is 0 Å². The molecule has 0 aliphatic heterocycles. The van der Waals surface area contributed by atoms with Gasteiger partial charge >= 0.3 is 0 Å². The maximum Gasteiger partial charge on any atom is 0.0589 e. The number of allylic oxidation sites excluding steroid dienone is 1. The lowest BCUT2D eigenvalue weighted by Crippen LogP contribution is -2.28. The van der Waals surface area contributed by atoms with Gasteiger partial charge in [-0.3, -0.25) is 4.90 Å². The van der Waals surface area contributed by atoms with Gasteiger partial charge in [-0.1, -0.05) is 25.7 Å². The predicted octanol–water partition coefficient (Wildman–Crippen LogP) is 2.09. The lowest BCUT2D eigenvalue weighted by atomic mass is 10.2. The molecule has 0 radical (unpaired) electrons. The van der Waals surface area contributed by atoms with Crippen LogP contribution in [0.3, 0.4) is 0 Å². The minimum absolute atomic E-state index is 0.794. The second-order valence-electron chi connectivity index (χ2n) is 2.93. The molecule has 13 heavy (non-hydrogen) atoms. The van der Waals surface area contributed by atoms with Crippen LogP contribution in [0, 0.1) is 0 Å². The van der Waals surface area contributed by atoms with Crippen LogP contribution in [0.15, 0.2) is 24.3 Å². The molecule has 0 heterocycles. The van der Waals surface area contributed by atoms with Gasteiger partial charge in [-0.25, -0.2) is 0 Å². The quantitative estimate of drug-likeness (QED) is 0.560. The second kappa shape index (κ2) is 8.02. The highest BCUT2D eigenvalue weighted by Gasteiger charge is 2.02. The van der Waals surface area contributed by atoms with Gasteiger partial charge in [0.25, 0.3) is 0 Å². The molecule has 0 aromatic carbocycles. The van der Waals surface area contributed by atoms with Gasteiger partial charge < -0.3 is 4.74 Å². The van der Waals surface area contributed by atoms with Gasteiger partial charge in [0.1, 0.15) is 0 Å². The lowest BCUT2D eigenvalue weighted by molar-refractivity contribution is 0.156. The summed E-state index contributed by atoms with van der Waals surface area (Å²) in [6.07, 6.45) is 4.01. The summed E-state index contributed by atoms with van der Waals surface area (Å²) >= 11 is 0. The zero-order valence-corrected chi connectivity index (χ0v) is 9.05. The van der Waals surface area contributed by atoms with Gasteiger partial charge in [-0.05, 0) is 19.0 Å². The Kier molecular flexibility index (Phi) is 7.65. The van der Waals surface area contributed by atoms with E-state index in [1.165, 1.54) is 5.57 Å². The van der Waals surface area contributed by atoms with E-state index in [1.807, 2.05) is 13.0 Å². The first-order valence-corrected chi connectivity index (χ1v) is 4.77. The Morgan fingerprint density at radius 1 is 1.54 bits per heavy atom. The van der Waals surface area contributed by atoms with Crippen LogP contribution in [0.2, 0.25) is 0 Å². The molecule has 0 aliphatic carbocycles. The second-order valence-corrected chi connectivity index (χ2v) is 2.93. The number of likely N-dealkylation sites (N-methyl/N-ethyl adjacent to an activating group) is 1. The Morgan fingerprint density at radius 3 is 2.62 bits per heavy atom. The average molecular weight is 183 g/mol. The first-order chi connectivity index (χ1) is 6.28. The van der Waals surface area contributed by atoms with Crippen LogP contribution in [-0.4, -0.2) is 38.3 Å². The van der Waals surface area contributed by atoms with Crippen molar-refractivity contribution in [3.63, 3.8) is 0 Å². The first kappa shape index (κ1) is 12.4. The molecule has 76 valence electrons. The van der Waals surface area contributed by atoms with Crippen LogP contribution in [0.1, 0.15) is 13.8 Å². The van der Waals surface area contributed by atoms with Crippen LogP contribution in [0.25, 0.3) is 0 Å². The lowest BCUT2D eigenvalue weighted by Gasteiger charge is -2.20. The van der Waals surface area contributed by atoms with Crippen molar-refractivity contribution in [2.24, 2.45) is 0 Å². The largest absolute Gasteiger partial charge is 0.383 e. The Hall–Kier alpha value is -0.600. The minimum Gasteiger partial charge on any atom is -0.383 e. The van der Waals surface area contributed by atoms with Gasteiger partial charge in [0.2, 0.25) is 0 Å².